The van der Waals surface area contributed by atoms with Crippen LogP contribution in [-0.2, 0) is 0 Å². The van der Waals surface area contributed by atoms with Crippen LogP contribution in [0, 0.1) is 0 Å². The zero-order chi connectivity index (χ0) is 5.54. The van der Waals surface area contributed by atoms with Gasteiger partial charge in [0.2, 0.25) is 0 Å². The Morgan fingerprint density at radius 1 is 0.889 bits per heavy atom. The number of nitrogens with two attached hydrogens (primary N) is 2. The molecule has 0 bridgehead atoms. The average molecular weight is 282 g/mol. The quantitative estimate of drug-likeness (QED) is 0.750. The fourth-order valence-electron chi connectivity index (χ4n) is 0.269. The molecular weight excluding hydrogens is 268 g/mol. The Morgan fingerprint density at radius 3 is 1.44 bits per heavy atom. The molecule has 0 spiro atoms. The molecule has 60 valence electrons. The topological polar surface area (TPSA) is 52.0 Å². The molecule has 0 fully saturated rings. The SMILES string of the molecule is Br.Br.NCCSCCN. The molecule has 0 aliphatic rings. The van der Waals surface area contributed by atoms with Crippen LogP contribution in [0.15, 0.2) is 0 Å². The number of halogens is 2. The molecule has 2 nitrogen and oxygen atoms in total. The van der Waals surface area contributed by atoms with E-state index in [0.29, 0.717) is 0 Å². The van der Waals surface area contributed by atoms with Crippen LogP contribution in [0.4, 0.5) is 0 Å². The van der Waals surface area contributed by atoms with Crippen LogP contribution in [0.2, 0.25) is 0 Å². The minimum Gasteiger partial charge on any atom is -0.330 e. The van der Waals surface area contributed by atoms with Gasteiger partial charge in [-0.2, -0.15) is 11.8 Å². The first-order valence-electron chi connectivity index (χ1n) is 2.39. The van der Waals surface area contributed by atoms with Gasteiger partial charge in [0.1, 0.15) is 0 Å². The Labute approximate surface area is 81.7 Å². The van der Waals surface area contributed by atoms with Crippen LogP contribution in [0.25, 0.3) is 0 Å². The summed E-state index contributed by atoms with van der Waals surface area (Å²) in [4.78, 5) is 0. The Balaban J connectivity index is -0.000000180. The lowest BCUT2D eigenvalue weighted by Crippen LogP contribution is -2.06. The van der Waals surface area contributed by atoms with Crippen molar-refractivity contribution in [2.45, 2.75) is 0 Å². The summed E-state index contributed by atoms with van der Waals surface area (Å²) < 4.78 is 0. The van der Waals surface area contributed by atoms with E-state index in [4.69, 9.17) is 11.5 Å². The summed E-state index contributed by atoms with van der Waals surface area (Å²) >= 11 is 1.80. The van der Waals surface area contributed by atoms with E-state index in [1.807, 2.05) is 0 Å². The summed E-state index contributed by atoms with van der Waals surface area (Å²) in [5.41, 5.74) is 10.4. The molecule has 0 saturated carbocycles. The van der Waals surface area contributed by atoms with Crippen LogP contribution in [0.5, 0.6) is 0 Å². The van der Waals surface area contributed by atoms with E-state index >= 15 is 0 Å². The molecule has 4 N–H and O–H groups in total. The highest BCUT2D eigenvalue weighted by molar-refractivity contribution is 8.93. The third-order valence-corrected chi connectivity index (χ3v) is 1.57. The predicted molar refractivity (Wildman–Crippen MR) is 56.1 cm³/mol. The Kier molecular flexibility index (Phi) is 29.8. The van der Waals surface area contributed by atoms with Gasteiger partial charge >= 0.3 is 0 Å². The van der Waals surface area contributed by atoms with Crippen molar-refractivity contribution in [3.63, 3.8) is 0 Å². The zero-order valence-corrected chi connectivity index (χ0v) is 9.45. The van der Waals surface area contributed by atoms with Crippen molar-refractivity contribution < 1.29 is 0 Å². The van der Waals surface area contributed by atoms with Crippen LogP contribution >= 0.6 is 45.7 Å². The molecule has 0 radical (unpaired) electrons. The standard InChI is InChI=1S/C4H12N2S.2BrH/c5-1-3-7-4-2-6;;/h1-6H2;2*1H. The monoisotopic (exact) mass is 280 g/mol. The lowest BCUT2D eigenvalue weighted by atomic mass is 10.8. The van der Waals surface area contributed by atoms with Gasteiger partial charge < -0.3 is 11.5 Å². The maximum absolute atomic E-state index is 5.21. The van der Waals surface area contributed by atoms with Crippen molar-refractivity contribution >= 4 is 45.7 Å². The molecule has 0 aromatic heterocycles. The first-order valence-corrected chi connectivity index (χ1v) is 3.55. The zero-order valence-electron chi connectivity index (χ0n) is 5.21. The Morgan fingerprint density at radius 2 is 1.22 bits per heavy atom. The molecule has 0 rings (SSSR count). The van der Waals surface area contributed by atoms with Gasteiger partial charge in [-0.3, -0.25) is 0 Å². The summed E-state index contributed by atoms with van der Waals surface area (Å²) in [6.07, 6.45) is 0. The molecule has 0 heterocycles. The molecule has 0 amide bonds. The molecule has 0 saturated heterocycles. The molecule has 0 aromatic rings. The molecule has 0 atom stereocenters. The second-order valence-electron chi connectivity index (χ2n) is 1.19. The van der Waals surface area contributed by atoms with Crippen LogP contribution in [0.3, 0.4) is 0 Å². The summed E-state index contributed by atoms with van der Waals surface area (Å²) in [6, 6.07) is 0. The van der Waals surface area contributed by atoms with Crippen LogP contribution in [0.1, 0.15) is 0 Å². The number of rotatable bonds is 4. The largest absolute Gasteiger partial charge is 0.330 e. The van der Waals surface area contributed by atoms with Crippen molar-refractivity contribution in [2.75, 3.05) is 24.6 Å². The fourth-order valence-corrected chi connectivity index (χ4v) is 0.806. The minimum absolute atomic E-state index is 0. The van der Waals surface area contributed by atoms with Crippen molar-refractivity contribution in [3.8, 4) is 0 Å². The molecule has 0 unspecified atom stereocenters. The van der Waals surface area contributed by atoms with Crippen molar-refractivity contribution in [3.05, 3.63) is 0 Å². The summed E-state index contributed by atoms with van der Waals surface area (Å²) in [5, 5.41) is 0. The third kappa shape index (κ3) is 17.6. The third-order valence-electron chi connectivity index (χ3n) is 0.524. The van der Waals surface area contributed by atoms with Gasteiger partial charge in [-0.05, 0) is 0 Å². The molecule has 0 aliphatic carbocycles. The molecular formula is C4H14Br2N2S. The van der Waals surface area contributed by atoms with Crippen molar-refractivity contribution in [1.82, 2.24) is 0 Å². The van der Waals surface area contributed by atoms with E-state index in [2.05, 4.69) is 0 Å². The Hall–Kier alpha value is 1.23. The van der Waals surface area contributed by atoms with Gasteiger partial charge in [-0.25, -0.2) is 0 Å². The smallest absolute Gasteiger partial charge is 0.00563 e. The van der Waals surface area contributed by atoms with E-state index in [9.17, 15) is 0 Å². The summed E-state index contributed by atoms with van der Waals surface area (Å²) in [6.45, 7) is 1.54. The van der Waals surface area contributed by atoms with Crippen LogP contribution in [-0.4, -0.2) is 24.6 Å². The molecule has 0 aromatic carbocycles. The summed E-state index contributed by atoms with van der Waals surface area (Å²) in [7, 11) is 0. The highest BCUT2D eigenvalue weighted by atomic mass is 79.9. The first kappa shape index (κ1) is 16.7. The normalized spacial score (nSPS) is 7.33. The fraction of sp³-hybridized carbons (Fsp3) is 1.00. The first-order chi connectivity index (χ1) is 3.41. The van der Waals surface area contributed by atoms with E-state index in [1.165, 1.54) is 0 Å². The van der Waals surface area contributed by atoms with Gasteiger partial charge in [0, 0.05) is 24.6 Å². The van der Waals surface area contributed by atoms with Crippen LogP contribution < -0.4 is 11.5 Å². The maximum Gasteiger partial charge on any atom is 0.00563 e. The molecule has 9 heavy (non-hydrogen) atoms. The number of hydrogen-bond donors (Lipinski definition) is 2. The van der Waals surface area contributed by atoms with Gasteiger partial charge in [0.25, 0.3) is 0 Å². The lowest BCUT2D eigenvalue weighted by molar-refractivity contribution is 1.12. The minimum atomic E-state index is 0. The predicted octanol–water partition coefficient (Wildman–Crippen LogP) is 0.793. The van der Waals surface area contributed by atoms with Crippen molar-refractivity contribution in [1.29, 1.82) is 0 Å². The van der Waals surface area contributed by atoms with Crippen molar-refractivity contribution in [2.24, 2.45) is 11.5 Å². The summed E-state index contributed by atoms with van der Waals surface area (Å²) in [5.74, 6) is 2.08. The molecule has 0 aliphatic heterocycles. The lowest BCUT2D eigenvalue weighted by Gasteiger charge is -1.91. The van der Waals surface area contributed by atoms with Gasteiger partial charge in [-0.1, -0.05) is 0 Å². The second kappa shape index (κ2) is 16.1. The maximum atomic E-state index is 5.21. The molecule has 5 heteroatoms. The van der Waals surface area contributed by atoms with Gasteiger partial charge in [-0.15, -0.1) is 34.0 Å². The highest BCUT2D eigenvalue weighted by Crippen LogP contribution is 1.93. The van der Waals surface area contributed by atoms with Gasteiger partial charge in [0.15, 0.2) is 0 Å². The van der Waals surface area contributed by atoms with E-state index in [-0.39, 0.29) is 34.0 Å². The Bertz CT molecular complexity index is 35.7. The van der Waals surface area contributed by atoms with Gasteiger partial charge in [0.05, 0.1) is 0 Å². The van der Waals surface area contributed by atoms with E-state index < -0.39 is 0 Å². The second-order valence-corrected chi connectivity index (χ2v) is 2.41. The average Bonchev–Trinajstić information content (AvgIpc) is 1.69. The number of hydrogen-bond acceptors (Lipinski definition) is 3. The van der Waals surface area contributed by atoms with E-state index in [1.54, 1.807) is 11.8 Å². The van der Waals surface area contributed by atoms with E-state index in [0.717, 1.165) is 24.6 Å². The highest BCUT2D eigenvalue weighted by Gasteiger charge is 1.79. The number of thioether (sulfide) groups is 1.